The summed E-state index contributed by atoms with van der Waals surface area (Å²) in [6.45, 7) is 5.79. The van der Waals surface area contributed by atoms with Crippen molar-refractivity contribution in [1.82, 2.24) is 9.80 Å². The van der Waals surface area contributed by atoms with Crippen LogP contribution in [0.1, 0.15) is 31.9 Å². The number of hydrogen-bond donors (Lipinski definition) is 2. The van der Waals surface area contributed by atoms with Gasteiger partial charge in [0.2, 0.25) is 5.91 Å². The summed E-state index contributed by atoms with van der Waals surface area (Å²) in [4.78, 5) is 29.1. The Labute approximate surface area is 198 Å². The molecule has 9 heteroatoms. The molecule has 1 aliphatic heterocycles. The first-order valence-electron chi connectivity index (χ1n) is 11.2. The van der Waals surface area contributed by atoms with E-state index in [0.29, 0.717) is 6.54 Å². The van der Waals surface area contributed by atoms with Crippen LogP contribution in [-0.2, 0) is 22.5 Å². The van der Waals surface area contributed by atoms with Crippen molar-refractivity contribution in [3.8, 4) is 0 Å². The molecule has 0 aliphatic carbocycles. The first-order chi connectivity index (χ1) is 15.9. The molecule has 1 aliphatic rings. The minimum atomic E-state index is -1.50. The molecule has 0 bridgehead atoms. The second kappa shape index (κ2) is 10.5. The molecule has 2 aromatic rings. The van der Waals surface area contributed by atoms with Gasteiger partial charge in [-0.25, -0.2) is 13.6 Å². The summed E-state index contributed by atoms with van der Waals surface area (Å²) >= 11 is 0. The number of carbonyl (C=O) groups excluding carboxylic acids is 2. The average molecular weight is 476 g/mol. The Morgan fingerprint density at radius 1 is 1.12 bits per heavy atom. The molecule has 7 nitrogen and oxygen atoms in total. The number of nitrogens with zero attached hydrogens (tertiary/aromatic N) is 2. The van der Waals surface area contributed by atoms with Gasteiger partial charge in [-0.05, 0) is 50.5 Å². The summed E-state index contributed by atoms with van der Waals surface area (Å²) in [6, 6.07) is 9.93. The van der Waals surface area contributed by atoms with Crippen LogP contribution in [-0.4, -0.2) is 63.8 Å². The zero-order chi connectivity index (χ0) is 25.0. The van der Waals surface area contributed by atoms with E-state index in [1.165, 1.54) is 4.90 Å². The Morgan fingerprint density at radius 3 is 2.32 bits per heavy atom. The summed E-state index contributed by atoms with van der Waals surface area (Å²) in [5, 5.41) is 11.1. The van der Waals surface area contributed by atoms with Crippen LogP contribution in [0.15, 0.2) is 48.5 Å². The third-order valence-corrected chi connectivity index (χ3v) is 5.51. The topological polar surface area (TPSA) is 96.1 Å². The maximum Gasteiger partial charge on any atom is 0.411 e. The van der Waals surface area contributed by atoms with Gasteiger partial charge in [0.1, 0.15) is 23.3 Å². The smallest absolute Gasteiger partial charge is 0.411 e. The van der Waals surface area contributed by atoms with Gasteiger partial charge >= 0.3 is 6.09 Å². The number of ether oxygens (including phenoxy) is 1. The number of hydrogen-bond acceptors (Lipinski definition) is 5. The van der Waals surface area contributed by atoms with Gasteiger partial charge in [-0.2, -0.15) is 0 Å². The van der Waals surface area contributed by atoms with Gasteiger partial charge in [0.25, 0.3) is 0 Å². The molecular formula is C25H31F2N3O4. The fourth-order valence-corrected chi connectivity index (χ4v) is 3.97. The van der Waals surface area contributed by atoms with Crippen LogP contribution < -0.4 is 5.73 Å². The fourth-order valence-electron chi connectivity index (χ4n) is 3.97. The molecule has 0 saturated carbocycles. The normalized spacial score (nSPS) is 18.6. The highest BCUT2D eigenvalue weighted by molar-refractivity contribution is 5.87. The van der Waals surface area contributed by atoms with E-state index in [-0.39, 0.29) is 25.1 Å². The minimum absolute atomic E-state index is 0.0968. The van der Waals surface area contributed by atoms with Crippen LogP contribution in [0.25, 0.3) is 0 Å². The molecule has 2 aromatic carbocycles. The van der Waals surface area contributed by atoms with Crippen molar-refractivity contribution in [1.29, 1.82) is 0 Å². The molecule has 3 rings (SSSR count). The van der Waals surface area contributed by atoms with Gasteiger partial charge in [-0.3, -0.25) is 9.69 Å². The number of amides is 2. The summed E-state index contributed by atoms with van der Waals surface area (Å²) in [5.74, 6) is -2.01. The Hall–Kier alpha value is -3.04. The van der Waals surface area contributed by atoms with Gasteiger partial charge in [-0.1, -0.05) is 30.3 Å². The standard InChI is InChI=1S/C25H31F2N3O4/c1-25(2,3)34-24(33)30-10-9-29(15-16-7-5-4-6-8-16)23(32)21(30)22(31)20(28)13-17-11-18(26)14-19(27)12-17/h4-8,11-12,14,20-22,31H,9-10,13,15,28H2,1-3H3/t20?,21-,22-/m0/s1. The van der Waals surface area contributed by atoms with E-state index in [9.17, 15) is 23.5 Å². The van der Waals surface area contributed by atoms with Crippen LogP contribution in [0.2, 0.25) is 0 Å². The molecule has 0 spiro atoms. The number of aliphatic hydroxyl groups excluding tert-OH is 1. The van der Waals surface area contributed by atoms with Crippen molar-refractivity contribution >= 4 is 12.0 Å². The van der Waals surface area contributed by atoms with E-state index >= 15 is 0 Å². The first kappa shape index (κ1) is 25.6. The van der Waals surface area contributed by atoms with Crippen molar-refractivity contribution in [3.63, 3.8) is 0 Å². The zero-order valence-corrected chi connectivity index (χ0v) is 19.6. The SMILES string of the molecule is CC(C)(C)OC(=O)N1CCN(Cc2ccccc2)C(=O)[C@@H]1[C@@H](O)C(N)Cc1cc(F)cc(F)c1. The number of nitrogens with two attached hydrogens (primary N) is 1. The maximum atomic E-state index is 13.6. The zero-order valence-electron chi connectivity index (χ0n) is 19.6. The molecule has 1 unspecified atom stereocenters. The summed E-state index contributed by atoms with van der Waals surface area (Å²) in [6.07, 6.45) is -2.33. The van der Waals surface area contributed by atoms with Gasteiger partial charge in [-0.15, -0.1) is 0 Å². The number of aliphatic hydroxyl groups is 1. The molecule has 3 atom stereocenters. The third-order valence-electron chi connectivity index (χ3n) is 5.51. The lowest BCUT2D eigenvalue weighted by molar-refractivity contribution is -0.148. The molecule has 0 aromatic heterocycles. The van der Waals surface area contributed by atoms with E-state index in [1.807, 2.05) is 30.3 Å². The monoisotopic (exact) mass is 475 g/mol. The van der Waals surface area contributed by atoms with Crippen LogP contribution in [0.4, 0.5) is 13.6 Å². The summed E-state index contributed by atoms with van der Waals surface area (Å²) in [7, 11) is 0. The first-order valence-corrected chi connectivity index (χ1v) is 11.2. The highest BCUT2D eigenvalue weighted by Crippen LogP contribution is 2.23. The number of benzene rings is 2. The molecule has 184 valence electrons. The Balaban J connectivity index is 1.84. The van der Waals surface area contributed by atoms with E-state index < -0.39 is 47.4 Å². The minimum Gasteiger partial charge on any atom is -0.444 e. The predicted molar refractivity (Wildman–Crippen MR) is 123 cm³/mol. The third kappa shape index (κ3) is 6.51. The second-order valence-corrected chi connectivity index (χ2v) is 9.50. The lowest BCUT2D eigenvalue weighted by Gasteiger charge is -2.43. The molecule has 1 fully saturated rings. The van der Waals surface area contributed by atoms with Crippen molar-refractivity contribution in [3.05, 3.63) is 71.3 Å². The molecular weight excluding hydrogens is 444 g/mol. The van der Waals surface area contributed by atoms with Crippen LogP contribution in [0, 0.1) is 11.6 Å². The summed E-state index contributed by atoms with van der Waals surface area (Å²) in [5.41, 5.74) is 6.51. The van der Waals surface area contributed by atoms with E-state index in [1.54, 1.807) is 25.7 Å². The van der Waals surface area contributed by atoms with E-state index in [4.69, 9.17) is 10.5 Å². The van der Waals surface area contributed by atoms with Crippen molar-refractivity contribution in [2.75, 3.05) is 13.1 Å². The van der Waals surface area contributed by atoms with Gasteiger partial charge in [0.15, 0.2) is 0 Å². The van der Waals surface area contributed by atoms with Crippen molar-refractivity contribution in [2.45, 2.75) is 57.5 Å². The Kier molecular flexibility index (Phi) is 7.89. The molecule has 1 heterocycles. The maximum absolute atomic E-state index is 13.6. The van der Waals surface area contributed by atoms with Crippen LogP contribution >= 0.6 is 0 Å². The van der Waals surface area contributed by atoms with Crippen LogP contribution in [0.5, 0.6) is 0 Å². The number of carbonyl (C=O) groups is 2. The second-order valence-electron chi connectivity index (χ2n) is 9.50. The fraction of sp³-hybridized carbons (Fsp3) is 0.440. The number of piperazine rings is 1. The molecule has 34 heavy (non-hydrogen) atoms. The molecule has 0 radical (unpaired) electrons. The lowest BCUT2D eigenvalue weighted by atomic mass is 9.94. The Bertz CT molecular complexity index is 993. The van der Waals surface area contributed by atoms with Crippen molar-refractivity contribution < 1.29 is 28.2 Å². The number of halogens is 2. The van der Waals surface area contributed by atoms with E-state index in [2.05, 4.69) is 0 Å². The lowest BCUT2D eigenvalue weighted by Crippen LogP contribution is -2.65. The summed E-state index contributed by atoms with van der Waals surface area (Å²) < 4.78 is 32.7. The Morgan fingerprint density at radius 2 is 1.74 bits per heavy atom. The van der Waals surface area contributed by atoms with Gasteiger partial charge < -0.3 is 20.5 Å². The van der Waals surface area contributed by atoms with Gasteiger partial charge in [0.05, 0.1) is 6.10 Å². The molecule has 2 amide bonds. The van der Waals surface area contributed by atoms with Gasteiger partial charge in [0, 0.05) is 31.7 Å². The highest BCUT2D eigenvalue weighted by Gasteiger charge is 2.45. The van der Waals surface area contributed by atoms with Crippen molar-refractivity contribution in [2.24, 2.45) is 5.73 Å². The number of rotatable bonds is 6. The molecule has 3 N–H and O–H groups in total. The predicted octanol–water partition coefficient (Wildman–Crippen LogP) is 2.84. The quantitative estimate of drug-likeness (QED) is 0.670. The van der Waals surface area contributed by atoms with E-state index in [0.717, 1.165) is 23.8 Å². The highest BCUT2D eigenvalue weighted by atomic mass is 19.1. The molecule has 1 saturated heterocycles. The average Bonchev–Trinajstić information content (AvgIpc) is 2.73. The largest absolute Gasteiger partial charge is 0.444 e. The van der Waals surface area contributed by atoms with Crippen LogP contribution in [0.3, 0.4) is 0 Å².